The SMILES string of the molecule is Cc1ccc([C@H](C(=O)Nc2ccc(N(C)C)cc2)N(Cc2cccnc2)C(=O)CSc2nc(C)cc(C)n2)cc1. The molecule has 2 heterocycles. The molecule has 4 rings (SSSR count). The summed E-state index contributed by atoms with van der Waals surface area (Å²) >= 11 is 1.27. The number of hydrogen-bond donors (Lipinski definition) is 1. The number of nitrogens with zero attached hydrogens (tertiary/aromatic N) is 5. The molecule has 0 spiro atoms. The van der Waals surface area contributed by atoms with Gasteiger partial charge in [-0.3, -0.25) is 14.6 Å². The average molecular weight is 555 g/mol. The number of hydrogen-bond acceptors (Lipinski definition) is 7. The van der Waals surface area contributed by atoms with Gasteiger partial charge in [0.1, 0.15) is 6.04 Å². The Kier molecular flexibility index (Phi) is 9.50. The quantitative estimate of drug-likeness (QED) is 0.208. The van der Waals surface area contributed by atoms with Gasteiger partial charge in [0.05, 0.1) is 5.75 Å². The van der Waals surface area contributed by atoms with Crippen molar-refractivity contribution in [1.82, 2.24) is 19.9 Å². The molecule has 0 bridgehead atoms. The molecule has 2 amide bonds. The van der Waals surface area contributed by atoms with E-state index in [1.54, 1.807) is 17.3 Å². The van der Waals surface area contributed by atoms with Crippen LogP contribution in [0.3, 0.4) is 0 Å². The fourth-order valence-corrected chi connectivity index (χ4v) is 5.09. The fraction of sp³-hybridized carbons (Fsp3) is 0.258. The lowest BCUT2D eigenvalue weighted by Crippen LogP contribution is -2.41. The van der Waals surface area contributed by atoms with Crippen LogP contribution in [0, 0.1) is 20.8 Å². The van der Waals surface area contributed by atoms with E-state index >= 15 is 0 Å². The molecule has 40 heavy (non-hydrogen) atoms. The first-order valence-corrected chi connectivity index (χ1v) is 14.0. The number of carbonyl (C=O) groups is 2. The predicted octanol–water partition coefficient (Wildman–Crippen LogP) is 5.36. The molecule has 0 radical (unpaired) electrons. The maximum Gasteiger partial charge on any atom is 0.251 e. The third-order valence-electron chi connectivity index (χ3n) is 6.29. The lowest BCUT2D eigenvalue weighted by Gasteiger charge is -2.31. The first-order chi connectivity index (χ1) is 19.2. The monoisotopic (exact) mass is 554 g/mol. The van der Waals surface area contributed by atoms with Gasteiger partial charge in [-0.25, -0.2) is 9.97 Å². The molecular weight excluding hydrogens is 520 g/mol. The van der Waals surface area contributed by atoms with Crippen LogP contribution in [0.2, 0.25) is 0 Å². The highest BCUT2D eigenvalue weighted by Crippen LogP contribution is 2.28. The van der Waals surface area contributed by atoms with Crippen molar-refractivity contribution in [2.75, 3.05) is 30.1 Å². The maximum atomic E-state index is 14.0. The Morgan fingerprint density at radius 1 is 0.925 bits per heavy atom. The third kappa shape index (κ3) is 7.66. The molecule has 0 fully saturated rings. The van der Waals surface area contributed by atoms with Gasteiger partial charge in [-0.05, 0) is 68.3 Å². The Balaban J connectivity index is 1.67. The van der Waals surface area contributed by atoms with Crippen molar-refractivity contribution in [1.29, 1.82) is 0 Å². The van der Waals surface area contributed by atoms with Gasteiger partial charge in [0.15, 0.2) is 5.16 Å². The minimum absolute atomic E-state index is 0.0797. The third-order valence-corrected chi connectivity index (χ3v) is 7.12. The van der Waals surface area contributed by atoms with Gasteiger partial charge in [0, 0.05) is 55.8 Å². The van der Waals surface area contributed by atoms with E-state index in [1.165, 1.54) is 11.8 Å². The van der Waals surface area contributed by atoms with Crippen LogP contribution < -0.4 is 10.2 Å². The van der Waals surface area contributed by atoms with Crippen LogP contribution in [-0.2, 0) is 16.1 Å². The van der Waals surface area contributed by atoms with Crippen LogP contribution in [0.1, 0.15) is 34.1 Å². The molecule has 0 saturated carbocycles. The zero-order chi connectivity index (χ0) is 28.6. The zero-order valence-electron chi connectivity index (χ0n) is 23.5. The Bertz CT molecular complexity index is 1420. The average Bonchev–Trinajstić information content (AvgIpc) is 2.93. The first kappa shape index (κ1) is 28.8. The summed E-state index contributed by atoms with van der Waals surface area (Å²) in [5, 5.41) is 3.56. The lowest BCUT2D eigenvalue weighted by atomic mass is 10.0. The summed E-state index contributed by atoms with van der Waals surface area (Å²) in [4.78, 5) is 44.6. The number of aromatic nitrogens is 3. The molecule has 0 aliphatic carbocycles. The van der Waals surface area contributed by atoms with E-state index in [0.717, 1.165) is 33.8 Å². The number of thioether (sulfide) groups is 1. The number of pyridine rings is 1. The summed E-state index contributed by atoms with van der Waals surface area (Å²) in [5.74, 6) is -0.428. The molecule has 1 N–H and O–H groups in total. The van der Waals surface area contributed by atoms with Gasteiger partial charge < -0.3 is 15.1 Å². The van der Waals surface area contributed by atoms with Gasteiger partial charge in [-0.1, -0.05) is 47.7 Å². The molecular formula is C31H34N6O2S. The number of carbonyl (C=O) groups excluding carboxylic acids is 2. The Labute approximate surface area is 239 Å². The Morgan fingerprint density at radius 3 is 2.20 bits per heavy atom. The molecule has 0 unspecified atom stereocenters. The standard InChI is InChI=1S/C31H34N6O2S/c1-21-8-10-25(11-9-21)29(30(39)35-26-12-14-27(15-13-26)36(4)5)37(19-24-7-6-16-32-18-24)28(38)20-40-31-33-22(2)17-23(3)34-31/h6-18,29H,19-20H2,1-5H3,(H,35,39)/t29-/m1/s1. The molecule has 9 heteroatoms. The smallest absolute Gasteiger partial charge is 0.251 e. The topological polar surface area (TPSA) is 91.3 Å². The number of anilines is 2. The number of nitrogens with one attached hydrogen (secondary N) is 1. The maximum absolute atomic E-state index is 14.0. The molecule has 206 valence electrons. The molecule has 8 nitrogen and oxygen atoms in total. The number of amides is 2. The first-order valence-electron chi connectivity index (χ1n) is 13.0. The van der Waals surface area contributed by atoms with Crippen LogP contribution >= 0.6 is 11.8 Å². The molecule has 2 aromatic heterocycles. The van der Waals surface area contributed by atoms with Crippen LogP contribution in [0.5, 0.6) is 0 Å². The van der Waals surface area contributed by atoms with Crippen molar-refractivity contribution in [3.63, 3.8) is 0 Å². The summed E-state index contributed by atoms with van der Waals surface area (Å²) in [6, 6.07) is 20.0. The van der Waals surface area contributed by atoms with Crippen molar-refractivity contribution in [2.24, 2.45) is 0 Å². The zero-order valence-corrected chi connectivity index (χ0v) is 24.3. The largest absolute Gasteiger partial charge is 0.378 e. The second-order valence-corrected chi connectivity index (χ2v) is 10.8. The van der Waals surface area contributed by atoms with Crippen molar-refractivity contribution < 1.29 is 9.59 Å². The fourth-order valence-electron chi connectivity index (χ4n) is 4.25. The van der Waals surface area contributed by atoms with E-state index in [4.69, 9.17) is 0 Å². The van der Waals surface area contributed by atoms with Crippen molar-refractivity contribution in [3.8, 4) is 0 Å². The van der Waals surface area contributed by atoms with E-state index in [2.05, 4.69) is 20.3 Å². The second kappa shape index (κ2) is 13.2. The summed E-state index contributed by atoms with van der Waals surface area (Å²) in [5.41, 5.74) is 5.96. The van der Waals surface area contributed by atoms with Crippen molar-refractivity contribution >= 4 is 35.0 Å². The van der Waals surface area contributed by atoms with Gasteiger partial charge >= 0.3 is 0 Å². The molecule has 2 aromatic carbocycles. The van der Waals surface area contributed by atoms with E-state index in [9.17, 15) is 9.59 Å². The Hall–Kier alpha value is -4.24. The van der Waals surface area contributed by atoms with Crippen LogP contribution in [0.4, 0.5) is 11.4 Å². The summed E-state index contributed by atoms with van der Waals surface area (Å²) in [7, 11) is 3.92. The summed E-state index contributed by atoms with van der Waals surface area (Å²) < 4.78 is 0. The number of rotatable bonds is 10. The normalized spacial score (nSPS) is 11.5. The minimum atomic E-state index is -0.873. The van der Waals surface area contributed by atoms with Crippen LogP contribution in [0.25, 0.3) is 0 Å². The van der Waals surface area contributed by atoms with Gasteiger partial charge in [-0.2, -0.15) is 0 Å². The Morgan fingerprint density at radius 2 is 1.60 bits per heavy atom. The number of aryl methyl sites for hydroxylation is 3. The highest BCUT2D eigenvalue weighted by molar-refractivity contribution is 7.99. The van der Waals surface area contributed by atoms with Crippen molar-refractivity contribution in [3.05, 3.63) is 107 Å². The van der Waals surface area contributed by atoms with Gasteiger partial charge in [-0.15, -0.1) is 0 Å². The van der Waals surface area contributed by atoms with E-state index < -0.39 is 6.04 Å². The summed E-state index contributed by atoms with van der Waals surface area (Å²) in [6.07, 6.45) is 3.40. The molecule has 1 atom stereocenters. The minimum Gasteiger partial charge on any atom is -0.378 e. The van der Waals surface area contributed by atoms with E-state index in [1.807, 2.05) is 106 Å². The van der Waals surface area contributed by atoms with E-state index in [-0.39, 0.29) is 24.1 Å². The van der Waals surface area contributed by atoms with Gasteiger partial charge in [0.25, 0.3) is 5.91 Å². The second-order valence-electron chi connectivity index (χ2n) is 9.85. The van der Waals surface area contributed by atoms with Gasteiger partial charge in [0.2, 0.25) is 5.91 Å². The highest BCUT2D eigenvalue weighted by Gasteiger charge is 2.32. The number of benzene rings is 2. The molecule has 0 aliphatic rings. The lowest BCUT2D eigenvalue weighted by molar-refractivity contribution is -0.137. The molecule has 4 aromatic rings. The van der Waals surface area contributed by atoms with Crippen LogP contribution in [0.15, 0.2) is 84.3 Å². The predicted molar refractivity (Wildman–Crippen MR) is 160 cm³/mol. The molecule has 0 saturated heterocycles. The summed E-state index contributed by atoms with van der Waals surface area (Å²) in [6.45, 7) is 6.01. The molecule has 0 aliphatic heterocycles. The van der Waals surface area contributed by atoms with E-state index in [0.29, 0.717) is 10.8 Å². The highest BCUT2D eigenvalue weighted by atomic mass is 32.2. The van der Waals surface area contributed by atoms with Crippen LogP contribution in [-0.4, -0.2) is 51.5 Å². The van der Waals surface area contributed by atoms with Crippen molar-refractivity contribution in [2.45, 2.75) is 38.5 Å².